The molecule has 0 radical (unpaired) electrons. The average molecular weight is 259 g/mol. The molecule has 0 aliphatic rings. The van der Waals surface area contributed by atoms with Gasteiger partial charge in [-0.15, -0.1) is 0 Å². The summed E-state index contributed by atoms with van der Waals surface area (Å²) in [6, 6.07) is 0. The summed E-state index contributed by atoms with van der Waals surface area (Å²) in [4.78, 5) is 18.9. The predicted molar refractivity (Wildman–Crippen MR) is 68.8 cm³/mol. The second kappa shape index (κ2) is 5.35. The lowest BCUT2D eigenvalue weighted by molar-refractivity contribution is -0.136. The Morgan fingerprint density at radius 1 is 1.53 bits per heavy atom. The van der Waals surface area contributed by atoms with E-state index in [-0.39, 0.29) is 6.42 Å². The van der Waals surface area contributed by atoms with E-state index < -0.39 is 5.97 Å². The molecule has 2 N–H and O–H groups in total. The molecular weight excluding hydrogens is 246 g/mol. The summed E-state index contributed by atoms with van der Waals surface area (Å²) in [5, 5.41) is 15.6. The standard InChI is InChI=1S/C12H13N5O2/c1-8-15-11-9(5-3-4-6-10(18)19)7-14-17(11)12(13-2)16-8/h7H,4,6H2,1-2H3,(H,18,19)(H,13,15,16). The van der Waals surface area contributed by atoms with Crippen molar-refractivity contribution in [3.63, 3.8) is 0 Å². The number of aryl methyl sites for hydroxylation is 1. The molecule has 2 heterocycles. The highest BCUT2D eigenvalue weighted by Gasteiger charge is 2.08. The summed E-state index contributed by atoms with van der Waals surface area (Å²) in [6.45, 7) is 1.79. The molecule has 0 aliphatic heterocycles. The molecule has 98 valence electrons. The first-order chi connectivity index (χ1) is 9.11. The van der Waals surface area contributed by atoms with E-state index in [1.54, 1.807) is 24.7 Å². The lowest BCUT2D eigenvalue weighted by Crippen LogP contribution is -2.05. The number of nitrogens with one attached hydrogen (secondary N) is 1. The van der Waals surface area contributed by atoms with Crippen LogP contribution in [0.4, 0.5) is 5.95 Å². The Morgan fingerprint density at radius 3 is 3.00 bits per heavy atom. The van der Waals surface area contributed by atoms with Crippen LogP contribution in [0, 0.1) is 18.8 Å². The van der Waals surface area contributed by atoms with Crippen molar-refractivity contribution in [3.8, 4) is 11.8 Å². The quantitative estimate of drug-likeness (QED) is 0.788. The van der Waals surface area contributed by atoms with Crippen molar-refractivity contribution in [2.24, 2.45) is 0 Å². The van der Waals surface area contributed by atoms with Gasteiger partial charge >= 0.3 is 5.97 Å². The van der Waals surface area contributed by atoms with Gasteiger partial charge in [0, 0.05) is 13.5 Å². The predicted octanol–water partition coefficient (Wildman–Crippen LogP) is 0.691. The molecule has 0 fully saturated rings. The van der Waals surface area contributed by atoms with E-state index in [1.165, 1.54) is 0 Å². The van der Waals surface area contributed by atoms with Gasteiger partial charge in [-0.2, -0.15) is 14.6 Å². The highest BCUT2D eigenvalue weighted by atomic mass is 16.4. The highest BCUT2D eigenvalue weighted by molar-refractivity contribution is 5.67. The highest BCUT2D eigenvalue weighted by Crippen LogP contribution is 2.11. The number of rotatable bonds is 3. The second-order valence-corrected chi connectivity index (χ2v) is 3.83. The number of carboxylic acid groups (broad SMARTS) is 1. The third-order valence-electron chi connectivity index (χ3n) is 2.39. The van der Waals surface area contributed by atoms with Crippen LogP contribution in [-0.4, -0.2) is 37.7 Å². The minimum atomic E-state index is -0.857. The van der Waals surface area contributed by atoms with Crippen LogP contribution in [0.2, 0.25) is 0 Å². The first kappa shape index (κ1) is 12.8. The molecule has 7 nitrogen and oxygen atoms in total. The Bertz CT molecular complexity index is 680. The number of nitrogens with zero attached hydrogens (tertiary/aromatic N) is 4. The minimum absolute atomic E-state index is 0.0298. The van der Waals surface area contributed by atoms with E-state index in [1.807, 2.05) is 0 Å². The minimum Gasteiger partial charge on any atom is -0.481 e. The molecule has 2 aromatic rings. The van der Waals surface area contributed by atoms with Gasteiger partial charge in [-0.1, -0.05) is 11.8 Å². The molecule has 0 unspecified atom stereocenters. The first-order valence-corrected chi connectivity index (χ1v) is 5.72. The van der Waals surface area contributed by atoms with Gasteiger partial charge in [0.1, 0.15) is 5.82 Å². The van der Waals surface area contributed by atoms with Crippen LogP contribution >= 0.6 is 0 Å². The first-order valence-electron chi connectivity index (χ1n) is 5.72. The van der Waals surface area contributed by atoms with Gasteiger partial charge in [0.05, 0.1) is 18.2 Å². The summed E-state index contributed by atoms with van der Waals surface area (Å²) in [6.07, 6.45) is 1.93. The van der Waals surface area contributed by atoms with Gasteiger partial charge in [0.2, 0.25) is 5.95 Å². The lowest BCUT2D eigenvalue weighted by Gasteiger charge is -2.02. The maximum absolute atomic E-state index is 10.4. The fourth-order valence-electron chi connectivity index (χ4n) is 1.56. The lowest BCUT2D eigenvalue weighted by atomic mass is 10.3. The van der Waals surface area contributed by atoms with Gasteiger partial charge in [-0.05, 0) is 6.92 Å². The van der Waals surface area contributed by atoms with E-state index in [4.69, 9.17) is 5.11 Å². The maximum Gasteiger partial charge on any atom is 0.304 e. The normalized spacial score (nSPS) is 10.0. The molecule has 0 saturated heterocycles. The zero-order valence-corrected chi connectivity index (χ0v) is 10.6. The number of anilines is 1. The zero-order chi connectivity index (χ0) is 13.8. The van der Waals surface area contributed by atoms with Crippen molar-refractivity contribution in [1.29, 1.82) is 0 Å². The number of carbonyl (C=O) groups is 1. The number of hydrogen-bond acceptors (Lipinski definition) is 5. The van der Waals surface area contributed by atoms with Gasteiger partial charge < -0.3 is 10.4 Å². The SMILES string of the molecule is CNc1nc(C)nc2c(C#CCCC(=O)O)cnn12. The van der Waals surface area contributed by atoms with Crippen LogP contribution in [0.25, 0.3) is 5.65 Å². The Balaban J connectivity index is 2.34. The van der Waals surface area contributed by atoms with Gasteiger partial charge in [0.15, 0.2) is 5.65 Å². The molecule has 2 rings (SSSR count). The number of carboxylic acids is 1. The summed E-state index contributed by atoms with van der Waals surface area (Å²) < 4.78 is 1.56. The number of aromatic nitrogens is 4. The molecule has 0 aliphatic carbocycles. The summed E-state index contributed by atoms with van der Waals surface area (Å²) in [7, 11) is 1.75. The summed E-state index contributed by atoms with van der Waals surface area (Å²) in [5.74, 6) is 6.03. The van der Waals surface area contributed by atoms with E-state index in [2.05, 4.69) is 32.2 Å². The number of aliphatic carboxylic acids is 1. The molecular formula is C12H13N5O2. The largest absolute Gasteiger partial charge is 0.481 e. The number of fused-ring (bicyclic) bond motifs is 1. The molecule has 0 bridgehead atoms. The van der Waals surface area contributed by atoms with Crippen LogP contribution in [0.5, 0.6) is 0 Å². The van der Waals surface area contributed by atoms with Crippen molar-refractivity contribution in [2.75, 3.05) is 12.4 Å². The molecule has 0 amide bonds. The second-order valence-electron chi connectivity index (χ2n) is 3.83. The van der Waals surface area contributed by atoms with Crippen molar-refractivity contribution in [2.45, 2.75) is 19.8 Å². The van der Waals surface area contributed by atoms with E-state index in [0.717, 1.165) is 0 Å². The third-order valence-corrected chi connectivity index (χ3v) is 2.39. The van der Waals surface area contributed by atoms with Gasteiger partial charge in [-0.3, -0.25) is 4.79 Å². The fourth-order valence-corrected chi connectivity index (χ4v) is 1.56. The Labute approximate surface area is 109 Å². The molecule has 0 saturated carbocycles. The van der Waals surface area contributed by atoms with Crippen LogP contribution < -0.4 is 5.32 Å². The Kier molecular flexibility index (Phi) is 3.61. The molecule has 19 heavy (non-hydrogen) atoms. The number of hydrogen-bond donors (Lipinski definition) is 2. The monoisotopic (exact) mass is 259 g/mol. The Morgan fingerprint density at radius 2 is 2.32 bits per heavy atom. The van der Waals surface area contributed by atoms with Crippen LogP contribution in [0.15, 0.2) is 6.20 Å². The average Bonchev–Trinajstić information content (AvgIpc) is 2.76. The fraction of sp³-hybridized carbons (Fsp3) is 0.333. The molecule has 2 aromatic heterocycles. The summed E-state index contributed by atoms with van der Waals surface area (Å²) >= 11 is 0. The van der Waals surface area contributed by atoms with Crippen molar-refractivity contribution < 1.29 is 9.90 Å². The van der Waals surface area contributed by atoms with Crippen LogP contribution in [0.3, 0.4) is 0 Å². The van der Waals surface area contributed by atoms with E-state index >= 15 is 0 Å². The van der Waals surface area contributed by atoms with Crippen LogP contribution in [-0.2, 0) is 4.79 Å². The summed E-state index contributed by atoms with van der Waals surface area (Å²) in [5.41, 5.74) is 1.27. The third kappa shape index (κ3) is 2.80. The van der Waals surface area contributed by atoms with Gasteiger partial charge in [-0.25, -0.2) is 4.98 Å². The molecule has 7 heteroatoms. The van der Waals surface area contributed by atoms with E-state index in [9.17, 15) is 4.79 Å². The maximum atomic E-state index is 10.4. The topological polar surface area (TPSA) is 92.4 Å². The van der Waals surface area contributed by atoms with Crippen LogP contribution in [0.1, 0.15) is 24.2 Å². The van der Waals surface area contributed by atoms with Crippen molar-refractivity contribution in [3.05, 3.63) is 17.6 Å². The van der Waals surface area contributed by atoms with Gasteiger partial charge in [0.25, 0.3) is 0 Å². The molecule has 0 atom stereocenters. The molecule has 0 aromatic carbocycles. The molecule has 0 spiro atoms. The van der Waals surface area contributed by atoms with E-state index in [0.29, 0.717) is 29.4 Å². The smallest absolute Gasteiger partial charge is 0.304 e. The zero-order valence-electron chi connectivity index (χ0n) is 10.6. The van der Waals surface area contributed by atoms with Crippen molar-refractivity contribution in [1.82, 2.24) is 19.6 Å². The Hall–Kier alpha value is -2.62. The van der Waals surface area contributed by atoms with Crippen molar-refractivity contribution >= 4 is 17.6 Å².